The van der Waals surface area contributed by atoms with Crippen molar-refractivity contribution >= 4 is 0 Å². The summed E-state index contributed by atoms with van der Waals surface area (Å²) in [4.78, 5) is 14.7. The molecule has 9 aromatic rings. The average molecular weight is 891 g/mol. The van der Waals surface area contributed by atoms with Crippen molar-refractivity contribution in [3.8, 4) is 56.0 Å². The van der Waals surface area contributed by atoms with Crippen molar-refractivity contribution in [1.82, 2.24) is 15.0 Å². The Hall–Kier alpha value is -7.23. The highest BCUT2D eigenvalue weighted by Gasteiger charge is 2.37. The van der Waals surface area contributed by atoms with Crippen molar-refractivity contribution in [2.24, 2.45) is 0 Å². The van der Waals surface area contributed by atoms with Crippen LogP contribution in [0.2, 0.25) is 0 Å². The molecule has 0 aliphatic heterocycles. The van der Waals surface area contributed by atoms with Crippen LogP contribution in [0.5, 0.6) is 0 Å². The van der Waals surface area contributed by atoms with Crippen LogP contribution < -0.4 is 0 Å². The molecule has 0 fully saturated rings. The van der Waals surface area contributed by atoms with Crippen LogP contribution in [0.1, 0.15) is 101 Å². The molecule has 3 heterocycles. The molecule has 3 aromatic heterocycles. The van der Waals surface area contributed by atoms with E-state index in [1.165, 1.54) is 11.8 Å². The summed E-state index contributed by atoms with van der Waals surface area (Å²) in [7, 11) is 0. The van der Waals surface area contributed by atoms with E-state index in [-0.39, 0.29) is 22.3 Å². The molecule has 0 radical (unpaired) electrons. The fourth-order valence-corrected chi connectivity index (χ4v) is 10.3. The molecule has 1 aliphatic rings. The largest absolute Gasteiger partial charge is 0.256 e. The zero-order chi connectivity index (χ0) is 53.1. The van der Waals surface area contributed by atoms with Crippen molar-refractivity contribution in [3.63, 3.8) is 0 Å². The first kappa shape index (κ1) is 36.8. The number of nitrogens with zero attached hydrogens (tertiary/aromatic N) is 3. The van der Waals surface area contributed by atoms with Gasteiger partial charge in [0.1, 0.15) is 0 Å². The quantitative estimate of drug-likeness (QED) is 0.116. The molecule has 0 atom stereocenters. The summed E-state index contributed by atoms with van der Waals surface area (Å²) in [6, 6.07) is 57.0. The number of fused-ring (bicyclic) bond motifs is 3. The van der Waals surface area contributed by atoms with Gasteiger partial charge in [-0.2, -0.15) is 0 Å². The molecular weight excluding hydrogens is 823 g/mol. The number of hydrogen-bond donors (Lipinski definition) is 0. The second-order valence-electron chi connectivity index (χ2n) is 20.1. The Morgan fingerprint density at radius 1 is 0.456 bits per heavy atom. The van der Waals surface area contributed by atoms with Gasteiger partial charge in [0.2, 0.25) is 0 Å². The molecule has 68 heavy (non-hydrogen) atoms. The van der Waals surface area contributed by atoms with Crippen LogP contribution >= 0.6 is 0 Å². The summed E-state index contributed by atoms with van der Waals surface area (Å²) in [5.74, 6) is 0. The highest BCUT2D eigenvalue weighted by molar-refractivity contribution is 5.88. The predicted molar refractivity (Wildman–Crippen MR) is 284 cm³/mol. The minimum absolute atomic E-state index is 0.0390. The summed E-state index contributed by atoms with van der Waals surface area (Å²) in [5.41, 5.74) is 12.7. The molecule has 0 amide bonds. The van der Waals surface area contributed by atoms with Crippen molar-refractivity contribution in [1.29, 1.82) is 0 Å². The van der Waals surface area contributed by atoms with Crippen molar-refractivity contribution in [3.05, 3.63) is 245 Å². The van der Waals surface area contributed by atoms with E-state index in [0.717, 1.165) is 67.0 Å². The summed E-state index contributed by atoms with van der Waals surface area (Å²) in [6.07, 6.45) is 0.846. The Labute approximate surface area is 413 Å². The van der Waals surface area contributed by atoms with E-state index in [9.17, 15) is 5.48 Å². The van der Waals surface area contributed by atoms with Gasteiger partial charge in [0.15, 0.2) is 0 Å². The molecule has 10 rings (SSSR count). The normalized spacial score (nSPS) is 15.1. The zero-order valence-electron chi connectivity index (χ0n) is 46.7. The highest BCUT2D eigenvalue weighted by atomic mass is 14.7. The molecule has 0 saturated heterocycles. The first-order chi connectivity index (χ1) is 35.6. The Morgan fingerprint density at radius 2 is 0.971 bits per heavy atom. The van der Waals surface area contributed by atoms with E-state index in [1.807, 2.05) is 122 Å². The van der Waals surface area contributed by atoms with Crippen molar-refractivity contribution < 1.29 is 9.60 Å². The first-order valence-electron chi connectivity index (χ1n) is 27.1. The number of rotatable bonds is 13. The Balaban J connectivity index is 1.09. The van der Waals surface area contributed by atoms with Crippen LogP contribution in [0.15, 0.2) is 195 Å². The van der Waals surface area contributed by atoms with Crippen LogP contribution in [-0.2, 0) is 41.8 Å². The second-order valence-corrected chi connectivity index (χ2v) is 20.1. The van der Waals surface area contributed by atoms with E-state index in [0.29, 0.717) is 24.1 Å². The maximum Gasteiger partial charge on any atom is 0.0711 e. The lowest BCUT2D eigenvalue weighted by atomic mass is 9.77. The predicted octanol–water partition coefficient (Wildman–Crippen LogP) is 16.0. The smallest absolute Gasteiger partial charge is 0.0711 e. The SMILES string of the molecule is [2H]C([2H])([2H])c1ccccc1-c1cc(-c2cccc3c2C(C)(C)c2ccccc2-3)ncc1C([2H])([2H])C([2H])([2H])c1cc(CC(C)(C)c2ccc(-c3ccccc3)nc2)cc(CC(C)(C)c2ccc(-c3ccccc3)nc2)c1. The Kier molecular flexibility index (Phi) is 9.81. The van der Waals surface area contributed by atoms with E-state index < -0.39 is 35.8 Å². The standard InChI is InChI=1S/C65H61N3/c1-44-19-14-15-24-53(44)57-38-61(56-27-18-26-55-54-25-16-17-28-58(54)65(6,7)62(55)56)66-41-50(57)30-29-45-35-46(39-63(2,3)51-31-33-59(67-42-51)48-20-10-8-11-21-48)37-47(36-45)40-64(4,5)52-32-34-60(68-43-52)49-22-12-9-13-23-49/h8-28,31-38,41-43H,29-30,39-40H2,1-7H3/i1D3,29D2,30D2. The van der Waals surface area contributed by atoms with E-state index >= 15 is 0 Å². The fourth-order valence-electron chi connectivity index (χ4n) is 10.3. The molecule has 336 valence electrons. The van der Waals surface area contributed by atoms with Crippen molar-refractivity contribution in [2.45, 2.75) is 90.2 Å². The van der Waals surface area contributed by atoms with Gasteiger partial charge in [-0.25, -0.2) is 0 Å². The van der Waals surface area contributed by atoms with Gasteiger partial charge in [-0.15, -0.1) is 0 Å². The molecule has 0 unspecified atom stereocenters. The van der Waals surface area contributed by atoms with Crippen LogP contribution in [0.25, 0.3) is 56.0 Å². The topological polar surface area (TPSA) is 38.7 Å². The number of benzene rings is 6. The summed E-state index contributed by atoms with van der Waals surface area (Å²) >= 11 is 0. The average Bonchev–Trinajstić information content (AvgIpc) is 3.66. The zero-order valence-corrected chi connectivity index (χ0v) is 39.7. The van der Waals surface area contributed by atoms with Gasteiger partial charge in [0.05, 0.1) is 17.1 Å². The molecule has 1 aliphatic carbocycles. The molecule has 3 heteroatoms. The number of pyridine rings is 3. The number of aromatic nitrogens is 3. The van der Waals surface area contributed by atoms with E-state index in [2.05, 4.69) is 77.9 Å². The minimum Gasteiger partial charge on any atom is -0.256 e. The lowest BCUT2D eigenvalue weighted by molar-refractivity contribution is 0.512. The first-order valence-corrected chi connectivity index (χ1v) is 23.6. The maximum absolute atomic E-state index is 10.1. The summed E-state index contributed by atoms with van der Waals surface area (Å²) in [5, 5.41) is 0. The summed E-state index contributed by atoms with van der Waals surface area (Å²) < 4.78 is 66.4. The monoisotopic (exact) mass is 891 g/mol. The van der Waals surface area contributed by atoms with Crippen LogP contribution in [0.3, 0.4) is 0 Å². The third kappa shape index (κ3) is 8.86. The van der Waals surface area contributed by atoms with Crippen LogP contribution in [0, 0.1) is 6.85 Å². The number of aryl methyl sites for hydroxylation is 3. The number of hydrogen-bond acceptors (Lipinski definition) is 3. The highest BCUT2D eigenvalue weighted by Crippen LogP contribution is 2.52. The molecular formula is C65H61N3. The third-order valence-corrected chi connectivity index (χ3v) is 13.9. The van der Waals surface area contributed by atoms with Gasteiger partial charge in [-0.3, -0.25) is 15.0 Å². The van der Waals surface area contributed by atoms with Gasteiger partial charge in [-0.05, 0) is 134 Å². The molecule has 0 saturated carbocycles. The van der Waals surface area contributed by atoms with Crippen LogP contribution in [-0.4, -0.2) is 15.0 Å². The molecule has 3 nitrogen and oxygen atoms in total. The van der Waals surface area contributed by atoms with Crippen LogP contribution in [0.4, 0.5) is 0 Å². The van der Waals surface area contributed by atoms with Crippen molar-refractivity contribution in [2.75, 3.05) is 0 Å². The lowest BCUT2D eigenvalue weighted by Gasteiger charge is -2.28. The van der Waals surface area contributed by atoms with E-state index in [4.69, 9.17) is 19.1 Å². The minimum atomic E-state index is -2.75. The van der Waals surface area contributed by atoms with Gasteiger partial charge in [0, 0.05) is 50.3 Å². The second kappa shape index (κ2) is 18.1. The third-order valence-electron chi connectivity index (χ3n) is 13.9. The summed E-state index contributed by atoms with van der Waals surface area (Å²) in [6.45, 7) is 10.4. The molecule has 0 spiro atoms. The molecule has 0 N–H and O–H groups in total. The molecule has 6 aromatic carbocycles. The fraction of sp³-hybridized carbons (Fsp3) is 0.215. The Morgan fingerprint density at radius 3 is 1.56 bits per heavy atom. The lowest BCUT2D eigenvalue weighted by Crippen LogP contribution is -2.23. The van der Waals surface area contributed by atoms with Gasteiger partial charge in [0.25, 0.3) is 0 Å². The van der Waals surface area contributed by atoms with Gasteiger partial charge < -0.3 is 0 Å². The maximum atomic E-state index is 10.1. The van der Waals surface area contributed by atoms with E-state index in [1.54, 1.807) is 30.3 Å². The molecule has 0 bridgehead atoms. The van der Waals surface area contributed by atoms with Gasteiger partial charge >= 0.3 is 0 Å². The van der Waals surface area contributed by atoms with Gasteiger partial charge in [-0.1, -0.05) is 199 Å². The Bertz CT molecular complexity index is 3430.